The molecular formula is C15H26N2S. The highest BCUT2D eigenvalue weighted by Gasteiger charge is 2.47. The molecule has 1 unspecified atom stereocenters. The van der Waals surface area contributed by atoms with E-state index in [0.717, 1.165) is 18.8 Å². The van der Waals surface area contributed by atoms with E-state index in [9.17, 15) is 0 Å². The molecule has 1 aromatic rings. The topological polar surface area (TPSA) is 24.9 Å². The van der Waals surface area contributed by atoms with Gasteiger partial charge in [0.15, 0.2) is 0 Å². The van der Waals surface area contributed by atoms with Gasteiger partial charge in [-0.25, -0.2) is 4.98 Å². The molecule has 1 aliphatic carbocycles. The number of hydrogen-bond donors (Lipinski definition) is 1. The fourth-order valence-electron chi connectivity index (χ4n) is 2.93. The minimum atomic E-state index is 0.136. The first-order chi connectivity index (χ1) is 8.53. The lowest BCUT2D eigenvalue weighted by molar-refractivity contribution is 0.252. The van der Waals surface area contributed by atoms with Crippen LogP contribution in [0.25, 0.3) is 0 Å². The average molecular weight is 266 g/mol. The molecule has 1 N–H and O–H groups in total. The molecule has 1 saturated carbocycles. The van der Waals surface area contributed by atoms with E-state index in [1.165, 1.54) is 28.4 Å². The first-order valence-corrected chi connectivity index (χ1v) is 8.09. The first kappa shape index (κ1) is 14.0. The number of nitrogens with one attached hydrogen (secondary N) is 1. The summed E-state index contributed by atoms with van der Waals surface area (Å²) in [6, 6.07) is 0.514. The van der Waals surface area contributed by atoms with Gasteiger partial charge in [0.1, 0.15) is 5.01 Å². The van der Waals surface area contributed by atoms with E-state index in [-0.39, 0.29) is 5.54 Å². The van der Waals surface area contributed by atoms with Gasteiger partial charge in [0.2, 0.25) is 0 Å². The molecule has 0 bridgehead atoms. The third kappa shape index (κ3) is 2.48. The van der Waals surface area contributed by atoms with E-state index < -0.39 is 0 Å². The lowest BCUT2D eigenvalue weighted by Crippen LogP contribution is -2.47. The van der Waals surface area contributed by atoms with Gasteiger partial charge in [0, 0.05) is 10.9 Å². The summed E-state index contributed by atoms with van der Waals surface area (Å²) in [6.45, 7) is 11.2. The quantitative estimate of drug-likeness (QED) is 0.841. The molecule has 1 heterocycles. The monoisotopic (exact) mass is 266 g/mol. The van der Waals surface area contributed by atoms with E-state index in [1.54, 1.807) is 0 Å². The van der Waals surface area contributed by atoms with Gasteiger partial charge in [-0.15, -0.1) is 11.3 Å². The van der Waals surface area contributed by atoms with Crippen LogP contribution >= 0.6 is 11.3 Å². The van der Waals surface area contributed by atoms with Crippen LogP contribution in [0.4, 0.5) is 0 Å². The van der Waals surface area contributed by atoms with Crippen molar-refractivity contribution in [3.05, 3.63) is 15.6 Å². The van der Waals surface area contributed by atoms with Crippen molar-refractivity contribution in [2.45, 2.75) is 71.9 Å². The molecular weight excluding hydrogens is 240 g/mol. The van der Waals surface area contributed by atoms with Crippen LogP contribution in [0.5, 0.6) is 0 Å². The lowest BCUT2D eigenvalue weighted by atomic mass is 9.89. The van der Waals surface area contributed by atoms with Gasteiger partial charge in [0.05, 0.1) is 11.2 Å². The average Bonchev–Trinajstić information content (AvgIpc) is 3.10. The number of hydrogen-bond acceptors (Lipinski definition) is 3. The first-order valence-electron chi connectivity index (χ1n) is 7.28. The van der Waals surface area contributed by atoms with Crippen molar-refractivity contribution in [2.24, 2.45) is 5.92 Å². The zero-order chi connectivity index (χ0) is 13.3. The Morgan fingerprint density at radius 3 is 2.44 bits per heavy atom. The molecule has 18 heavy (non-hydrogen) atoms. The molecule has 3 heteroatoms. The maximum Gasteiger partial charge on any atom is 0.114 e. The van der Waals surface area contributed by atoms with Crippen LogP contribution in [0.2, 0.25) is 0 Å². The van der Waals surface area contributed by atoms with Gasteiger partial charge >= 0.3 is 0 Å². The van der Waals surface area contributed by atoms with Crippen LogP contribution in [0.1, 0.15) is 62.5 Å². The summed E-state index contributed by atoms with van der Waals surface area (Å²) in [7, 11) is 0. The van der Waals surface area contributed by atoms with Gasteiger partial charge in [-0.1, -0.05) is 13.8 Å². The van der Waals surface area contributed by atoms with Crippen LogP contribution in [-0.4, -0.2) is 11.0 Å². The van der Waals surface area contributed by atoms with Gasteiger partial charge in [-0.2, -0.15) is 0 Å². The fourth-order valence-corrected chi connectivity index (χ4v) is 4.24. The van der Waals surface area contributed by atoms with Crippen molar-refractivity contribution in [2.75, 3.05) is 0 Å². The Labute approximate surface area is 115 Å². The molecule has 0 aromatic carbocycles. The van der Waals surface area contributed by atoms with Crippen molar-refractivity contribution in [3.63, 3.8) is 0 Å². The van der Waals surface area contributed by atoms with Crippen LogP contribution in [0, 0.1) is 12.8 Å². The van der Waals surface area contributed by atoms with E-state index in [1.807, 2.05) is 11.3 Å². The number of thiazole rings is 1. The van der Waals surface area contributed by atoms with Gasteiger partial charge in [0.25, 0.3) is 0 Å². The highest BCUT2D eigenvalue weighted by Crippen LogP contribution is 2.49. The Morgan fingerprint density at radius 2 is 2.06 bits per heavy atom. The summed E-state index contributed by atoms with van der Waals surface area (Å²) < 4.78 is 0. The molecule has 1 fully saturated rings. The second-order valence-corrected chi connectivity index (χ2v) is 6.98. The van der Waals surface area contributed by atoms with E-state index >= 15 is 0 Å². The molecule has 102 valence electrons. The molecule has 0 saturated heterocycles. The Balaban J connectivity index is 2.37. The minimum Gasteiger partial charge on any atom is -0.303 e. The summed E-state index contributed by atoms with van der Waals surface area (Å²) in [5.41, 5.74) is 1.43. The summed E-state index contributed by atoms with van der Waals surface area (Å²) in [6.07, 6.45) is 4.90. The Hall–Kier alpha value is -0.410. The summed E-state index contributed by atoms with van der Waals surface area (Å²) in [4.78, 5) is 6.34. The summed E-state index contributed by atoms with van der Waals surface area (Å²) in [5, 5.41) is 5.16. The van der Waals surface area contributed by atoms with Crippen molar-refractivity contribution in [1.82, 2.24) is 10.3 Å². The third-order valence-corrected chi connectivity index (χ3v) is 5.18. The molecule has 1 aromatic heterocycles. The molecule has 2 nitrogen and oxygen atoms in total. The number of rotatable bonds is 6. The Bertz CT molecular complexity index is 407. The highest BCUT2D eigenvalue weighted by molar-refractivity contribution is 7.11. The van der Waals surface area contributed by atoms with Crippen molar-refractivity contribution in [1.29, 1.82) is 0 Å². The molecule has 2 rings (SSSR count). The number of aryl methyl sites for hydroxylation is 2. The van der Waals surface area contributed by atoms with Crippen molar-refractivity contribution < 1.29 is 0 Å². The second-order valence-electron chi connectivity index (χ2n) is 5.77. The third-order valence-electron chi connectivity index (χ3n) is 3.99. The molecule has 1 atom stereocenters. The summed E-state index contributed by atoms with van der Waals surface area (Å²) >= 11 is 1.91. The summed E-state index contributed by atoms with van der Waals surface area (Å²) in [5.74, 6) is 0.792. The predicted octanol–water partition coefficient (Wildman–Crippen LogP) is 4.03. The normalized spacial score (nSPS) is 19.2. The number of aromatic nitrogens is 1. The van der Waals surface area contributed by atoms with Crippen molar-refractivity contribution in [3.8, 4) is 0 Å². The SMILES string of the molecule is CCc1nc(C(CC)(NC(C)C)C2CC2)sc1C. The zero-order valence-corrected chi connectivity index (χ0v) is 13.2. The van der Waals surface area contributed by atoms with Crippen LogP contribution in [0.15, 0.2) is 0 Å². The van der Waals surface area contributed by atoms with Gasteiger partial charge < -0.3 is 5.32 Å². The molecule has 0 aliphatic heterocycles. The largest absolute Gasteiger partial charge is 0.303 e. The fraction of sp³-hybridized carbons (Fsp3) is 0.800. The zero-order valence-electron chi connectivity index (χ0n) is 12.3. The minimum absolute atomic E-state index is 0.136. The smallest absolute Gasteiger partial charge is 0.114 e. The van der Waals surface area contributed by atoms with E-state index in [2.05, 4.69) is 39.9 Å². The van der Waals surface area contributed by atoms with Crippen molar-refractivity contribution >= 4 is 11.3 Å². The maximum atomic E-state index is 4.94. The molecule has 0 amide bonds. The van der Waals surface area contributed by atoms with Crippen LogP contribution in [0.3, 0.4) is 0 Å². The van der Waals surface area contributed by atoms with E-state index in [0.29, 0.717) is 6.04 Å². The second kappa shape index (κ2) is 5.30. The Morgan fingerprint density at radius 1 is 1.39 bits per heavy atom. The Kier molecular flexibility index (Phi) is 4.12. The molecule has 0 spiro atoms. The van der Waals surface area contributed by atoms with Crippen LogP contribution < -0.4 is 5.32 Å². The predicted molar refractivity (Wildman–Crippen MR) is 79.2 cm³/mol. The highest BCUT2D eigenvalue weighted by atomic mass is 32.1. The van der Waals surface area contributed by atoms with E-state index in [4.69, 9.17) is 4.98 Å². The van der Waals surface area contributed by atoms with Crippen LogP contribution in [-0.2, 0) is 12.0 Å². The molecule has 0 radical (unpaired) electrons. The molecule has 1 aliphatic rings. The lowest BCUT2D eigenvalue weighted by Gasteiger charge is -2.34. The number of nitrogens with zero attached hydrogens (tertiary/aromatic N) is 1. The van der Waals surface area contributed by atoms with Gasteiger partial charge in [-0.05, 0) is 52.4 Å². The van der Waals surface area contributed by atoms with Gasteiger partial charge in [-0.3, -0.25) is 0 Å². The standard InChI is InChI=1S/C15H26N2S/c1-6-13-11(5)18-14(16-13)15(7-2,12-8-9-12)17-10(3)4/h10,12,17H,6-9H2,1-5H3. The maximum absolute atomic E-state index is 4.94.